The number of aliphatic hydroxyl groups is 4. The van der Waals surface area contributed by atoms with Crippen molar-refractivity contribution in [3.05, 3.63) is 11.3 Å². The van der Waals surface area contributed by atoms with Crippen LogP contribution in [0.15, 0.2) is 11.3 Å². The van der Waals surface area contributed by atoms with Gasteiger partial charge in [-0.25, -0.2) is 0 Å². The SMILES string of the molecule is COC1=C(CCCCC(C)(C)O)C2(C)CCC34C(CCC5C(C)(C)C(OC6OCC(O)C(O)C6O)CCC53C4C)C2(N)C1. The molecule has 0 aromatic heterocycles. The number of methoxy groups -OCH3 is 1. The summed E-state index contributed by atoms with van der Waals surface area (Å²) in [6, 6.07) is 0. The minimum absolute atomic E-state index is 0.0402. The summed E-state index contributed by atoms with van der Waals surface area (Å²) in [5, 5.41) is 41.0. The average molecular weight is 606 g/mol. The molecule has 4 saturated carbocycles. The predicted octanol–water partition coefficient (Wildman–Crippen LogP) is 4.41. The third kappa shape index (κ3) is 4.33. The Balaban J connectivity index is 1.22. The Kier molecular flexibility index (Phi) is 7.78. The topological polar surface area (TPSA) is 135 Å². The van der Waals surface area contributed by atoms with Gasteiger partial charge >= 0.3 is 0 Å². The van der Waals surface area contributed by atoms with Gasteiger partial charge < -0.3 is 40.4 Å². The number of unbranched alkanes of at least 4 members (excludes halogenated alkanes) is 1. The van der Waals surface area contributed by atoms with Crippen LogP contribution in [0.4, 0.5) is 0 Å². The molecule has 8 nitrogen and oxygen atoms in total. The molecule has 1 saturated heterocycles. The second kappa shape index (κ2) is 10.4. The van der Waals surface area contributed by atoms with Crippen molar-refractivity contribution in [2.75, 3.05) is 13.7 Å². The molecule has 0 radical (unpaired) electrons. The molecular formula is C35H59NO7. The Morgan fingerprint density at radius 1 is 0.953 bits per heavy atom. The molecule has 5 aliphatic carbocycles. The number of nitrogens with two attached hydrogens (primary N) is 1. The number of aliphatic hydroxyl groups excluding tert-OH is 3. The first kappa shape index (κ1) is 32.2. The van der Waals surface area contributed by atoms with Crippen molar-refractivity contribution in [3.63, 3.8) is 0 Å². The van der Waals surface area contributed by atoms with Crippen LogP contribution in [0.3, 0.4) is 0 Å². The van der Waals surface area contributed by atoms with E-state index >= 15 is 0 Å². The molecule has 43 heavy (non-hydrogen) atoms. The maximum Gasteiger partial charge on any atom is 0.186 e. The van der Waals surface area contributed by atoms with Crippen molar-refractivity contribution in [3.8, 4) is 0 Å². The molecule has 0 aromatic carbocycles. The largest absolute Gasteiger partial charge is 0.501 e. The van der Waals surface area contributed by atoms with Crippen LogP contribution in [0.5, 0.6) is 0 Å². The molecule has 0 bridgehead atoms. The Morgan fingerprint density at radius 2 is 1.63 bits per heavy atom. The van der Waals surface area contributed by atoms with Crippen LogP contribution >= 0.6 is 0 Å². The zero-order valence-corrected chi connectivity index (χ0v) is 27.7. The molecule has 1 heterocycles. The number of fused-ring (bicyclic) bond motifs is 2. The number of hydrogen-bond donors (Lipinski definition) is 5. The van der Waals surface area contributed by atoms with Crippen LogP contribution < -0.4 is 5.73 Å². The third-order valence-electron chi connectivity index (χ3n) is 14.5. The van der Waals surface area contributed by atoms with Crippen LogP contribution in [0.2, 0.25) is 0 Å². The second-order valence-corrected chi connectivity index (χ2v) is 16.9. The van der Waals surface area contributed by atoms with Gasteiger partial charge in [0, 0.05) is 17.4 Å². The van der Waals surface area contributed by atoms with E-state index in [9.17, 15) is 20.4 Å². The fourth-order valence-electron chi connectivity index (χ4n) is 12.2. The zero-order valence-electron chi connectivity index (χ0n) is 27.7. The van der Waals surface area contributed by atoms with E-state index in [2.05, 4.69) is 27.7 Å². The summed E-state index contributed by atoms with van der Waals surface area (Å²) in [4.78, 5) is 0. The molecule has 2 spiro atoms. The highest BCUT2D eigenvalue weighted by Gasteiger charge is 2.86. The van der Waals surface area contributed by atoms with Crippen LogP contribution in [-0.4, -0.2) is 76.0 Å². The predicted molar refractivity (Wildman–Crippen MR) is 164 cm³/mol. The maximum atomic E-state index is 10.6. The van der Waals surface area contributed by atoms with Gasteiger partial charge in [-0.05, 0) is 111 Å². The van der Waals surface area contributed by atoms with Crippen molar-refractivity contribution in [2.24, 2.45) is 45.1 Å². The van der Waals surface area contributed by atoms with E-state index in [0.717, 1.165) is 70.0 Å². The molecule has 12 atom stereocenters. The Labute approximate surface area is 258 Å². The van der Waals surface area contributed by atoms with E-state index in [0.29, 0.717) is 17.8 Å². The molecule has 246 valence electrons. The first-order valence-corrected chi connectivity index (χ1v) is 17.1. The lowest BCUT2D eigenvalue weighted by Gasteiger charge is -2.62. The number of hydrogen-bond acceptors (Lipinski definition) is 8. The summed E-state index contributed by atoms with van der Waals surface area (Å²) in [5.41, 5.74) is 8.49. The fourth-order valence-corrected chi connectivity index (χ4v) is 12.2. The maximum absolute atomic E-state index is 10.6. The quantitative estimate of drug-likeness (QED) is 0.203. The Hall–Kier alpha value is -0.740. The second-order valence-electron chi connectivity index (χ2n) is 16.9. The van der Waals surface area contributed by atoms with Crippen molar-refractivity contribution in [2.45, 2.75) is 154 Å². The number of rotatable bonds is 8. The molecule has 6 rings (SSSR count). The van der Waals surface area contributed by atoms with E-state index in [1.165, 1.54) is 12.0 Å². The summed E-state index contributed by atoms with van der Waals surface area (Å²) in [6.45, 7) is 13.3. The first-order valence-electron chi connectivity index (χ1n) is 17.1. The van der Waals surface area contributed by atoms with Gasteiger partial charge in [0.1, 0.15) is 18.3 Å². The summed E-state index contributed by atoms with van der Waals surface area (Å²) in [7, 11) is 1.82. The smallest absolute Gasteiger partial charge is 0.186 e. The summed E-state index contributed by atoms with van der Waals surface area (Å²) >= 11 is 0. The molecule has 0 aromatic rings. The molecule has 6 aliphatic rings. The van der Waals surface area contributed by atoms with Gasteiger partial charge in [0.15, 0.2) is 6.29 Å². The van der Waals surface area contributed by atoms with Gasteiger partial charge in [0.25, 0.3) is 0 Å². The normalized spacial score (nSPS) is 50.4. The minimum Gasteiger partial charge on any atom is -0.501 e. The highest BCUT2D eigenvalue weighted by Crippen LogP contribution is 2.89. The van der Waals surface area contributed by atoms with Crippen molar-refractivity contribution in [1.29, 1.82) is 0 Å². The molecule has 6 N–H and O–H groups in total. The van der Waals surface area contributed by atoms with Crippen molar-refractivity contribution in [1.82, 2.24) is 0 Å². The highest BCUT2D eigenvalue weighted by atomic mass is 16.7. The van der Waals surface area contributed by atoms with E-state index in [4.69, 9.17) is 19.9 Å². The van der Waals surface area contributed by atoms with E-state index < -0.39 is 30.2 Å². The Morgan fingerprint density at radius 3 is 2.30 bits per heavy atom. The standard InChI is InChI=1S/C35H59NO7/c1-20-33-15-13-26(43-29-28(39)27(38)22(37)19-42-29)31(4,5)24(33)11-12-25-34(20,33)17-16-32(6)21(10-8-9-14-30(2,3)40)23(41-7)18-35(25,32)36/h20,22,24-29,37-40H,8-19,36H2,1-7H3. The van der Waals surface area contributed by atoms with Crippen LogP contribution in [-0.2, 0) is 14.2 Å². The van der Waals surface area contributed by atoms with Gasteiger partial charge in [-0.2, -0.15) is 0 Å². The van der Waals surface area contributed by atoms with Crippen molar-refractivity contribution < 1.29 is 34.6 Å². The lowest BCUT2D eigenvalue weighted by atomic mass is 9.44. The van der Waals surface area contributed by atoms with Crippen LogP contribution in [0, 0.1) is 39.4 Å². The highest BCUT2D eigenvalue weighted by molar-refractivity contribution is 5.42. The summed E-state index contributed by atoms with van der Waals surface area (Å²) in [6.07, 6.45) is 6.46. The van der Waals surface area contributed by atoms with E-state index in [1.807, 2.05) is 21.0 Å². The lowest BCUT2D eigenvalue weighted by molar-refractivity contribution is -0.302. The van der Waals surface area contributed by atoms with Gasteiger partial charge in [0.05, 0.1) is 31.2 Å². The van der Waals surface area contributed by atoms with Crippen molar-refractivity contribution >= 4 is 0 Å². The van der Waals surface area contributed by atoms with Gasteiger partial charge in [0.2, 0.25) is 0 Å². The molecule has 0 amide bonds. The molecule has 5 fully saturated rings. The lowest BCUT2D eigenvalue weighted by Crippen LogP contribution is -2.66. The summed E-state index contributed by atoms with van der Waals surface area (Å²) in [5.74, 6) is 2.63. The van der Waals surface area contributed by atoms with Gasteiger partial charge in [-0.3, -0.25) is 0 Å². The minimum atomic E-state index is -1.26. The number of ether oxygens (including phenoxy) is 3. The van der Waals surface area contributed by atoms with Crippen LogP contribution in [0.25, 0.3) is 0 Å². The Bertz CT molecular complexity index is 1120. The zero-order chi connectivity index (χ0) is 31.4. The first-order chi connectivity index (χ1) is 20.0. The van der Waals surface area contributed by atoms with Gasteiger partial charge in [-0.1, -0.05) is 34.1 Å². The molecular weight excluding hydrogens is 546 g/mol. The fraction of sp³-hybridized carbons (Fsp3) is 0.943. The monoisotopic (exact) mass is 605 g/mol. The van der Waals surface area contributed by atoms with Crippen LogP contribution in [0.1, 0.15) is 112 Å². The molecule has 8 heteroatoms. The molecule has 1 aliphatic heterocycles. The summed E-state index contributed by atoms with van der Waals surface area (Å²) < 4.78 is 18.3. The van der Waals surface area contributed by atoms with E-state index in [1.54, 1.807) is 0 Å². The van der Waals surface area contributed by atoms with E-state index in [-0.39, 0.29) is 39.9 Å². The third-order valence-corrected chi connectivity index (χ3v) is 14.5. The average Bonchev–Trinajstić information content (AvgIpc) is 3.37. The van der Waals surface area contributed by atoms with Gasteiger partial charge in [-0.15, -0.1) is 0 Å². The molecule has 12 unspecified atom stereocenters.